The van der Waals surface area contributed by atoms with Crippen molar-refractivity contribution in [3.63, 3.8) is 0 Å². The molecule has 3 aromatic heterocycles. The number of fused-ring (bicyclic) bond motifs is 3. The Morgan fingerprint density at radius 2 is 1.66 bits per heavy atom. The SMILES string of the molecule is CCC1CN(C(/C=C(\N)c2ccccc2O)=C(N)N)CC(C)N1c1ncc(CCCCCCCc2ccc3c(c2)c2cccnc2n3C(CCC=O)C(=O)NC)cn1. The minimum absolute atomic E-state index is 0.0820. The number of aryl methyl sites for hydroxylation is 2. The van der Waals surface area contributed by atoms with E-state index in [-0.39, 0.29) is 29.6 Å². The molecule has 3 unspecified atom stereocenters. The number of carbonyl (C=O) groups is 2. The van der Waals surface area contributed by atoms with Crippen LogP contribution in [0.4, 0.5) is 5.95 Å². The van der Waals surface area contributed by atoms with Crippen molar-refractivity contribution >= 4 is 45.8 Å². The molecule has 1 amide bonds. The van der Waals surface area contributed by atoms with Gasteiger partial charge in [0.2, 0.25) is 11.9 Å². The molecule has 306 valence electrons. The standard InChI is InChI=1S/C45H58N10O3/c1-4-33-29-53(40(42(47)48)25-37(46)35-16-10-11-19-41(35)57)28-30(2)54(33)45-51-26-32(27-52-45)15-9-7-5-6-8-14-31-20-21-38-36(24-31)34-17-12-22-50-43(34)55(38)39(18-13-23-56)44(58)49-3/h10-12,16-17,19-27,30,33,39,57H,4-9,13-15,18,28-29,46-48H2,1-3H3,(H,49,58)/b37-25-. The summed E-state index contributed by atoms with van der Waals surface area (Å²) in [6, 6.07) is 17.1. The molecular formula is C45H58N10O3. The Balaban J connectivity index is 0.992. The van der Waals surface area contributed by atoms with Gasteiger partial charge in [-0.1, -0.05) is 44.4 Å². The second-order valence-electron chi connectivity index (χ2n) is 15.3. The fourth-order valence-electron chi connectivity index (χ4n) is 8.33. The molecule has 0 radical (unpaired) electrons. The summed E-state index contributed by atoms with van der Waals surface area (Å²) in [7, 11) is 1.63. The number of aldehydes is 1. The number of pyridine rings is 1. The van der Waals surface area contributed by atoms with Crippen molar-refractivity contribution in [1.82, 2.24) is 29.7 Å². The molecule has 58 heavy (non-hydrogen) atoms. The summed E-state index contributed by atoms with van der Waals surface area (Å²) in [5, 5.41) is 15.2. The van der Waals surface area contributed by atoms with Gasteiger partial charge in [0.1, 0.15) is 29.5 Å². The van der Waals surface area contributed by atoms with Gasteiger partial charge in [0.25, 0.3) is 0 Å². The Morgan fingerprint density at radius 1 is 0.931 bits per heavy atom. The van der Waals surface area contributed by atoms with Crippen LogP contribution >= 0.6 is 0 Å². The summed E-state index contributed by atoms with van der Waals surface area (Å²) >= 11 is 0. The predicted octanol–water partition coefficient (Wildman–Crippen LogP) is 6.06. The van der Waals surface area contributed by atoms with Gasteiger partial charge >= 0.3 is 0 Å². The van der Waals surface area contributed by atoms with Crippen molar-refractivity contribution in [3.8, 4) is 5.75 Å². The van der Waals surface area contributed by atoms with Crippen molar-refractivity contribution in [2.45, 2.75) is 96.2 Å². The Hall–Kier alpha value is -6.11. The first-order chi connectivity index (χ1) is 28.1. The van der Waals surface area contributed by atoms with E-state index in [1.807, 2.05) is 29.1 Å². The third kappa shape index (κ3) is 9.36. The van der Waals surface area contributed by atoms with Crippen molar-refractivity contribution < 1.29 is 14.7 Å². The number of carbonyl (C=O) groups excluding carboxylic acids is 2. The number of amides is 1. The fraction of sp³-hybridized carbons (Fsp3) is 0.400. The van der Waals surface area contributed by atoms with Crippen molar-refractivity contribution in [3.05, 3.63) is 107 Å². The summed E-state index contributed by atoms with van der Waals surface area (Å²) in [6.07, 6.45) is 17.4. The average molecular weight is 787 g/mol. The highest BCUT2D eigenvalue weighted by molar-refractivity contribution is 6.08. The monoisotopic (exact) mass is 786 g/mol. The third-order valence-electron chi connectivity index (χ3n) is 11.3. The van der Waals surface area contributed by atoms with Crippen LogP contribution in [0.5, 0.6) is 5.75 Å². The number of allylic oxidation sites excluding steroid dienone is 1. The molecule has 2 aromatic carbocycles. The van der Waals surface area contributed by atoms with Gasteiger partial charge in [-0.25, -0.2) is 15.0 Å². The molecule has 1 aliphatic rings. The quantitative estimate of drug-likeness (QED) is 0.0394. The summed E-state index contributed by atoms with van der Waals surface area (Å²) in [5.74, 6) is 0.869. The average Bonchev–Trinajstić information content (AvgIpc) is 3.55. The Kier molecular flexibility index (Phi) is 13.9. The topological polar surface area (TPSA) is 195 Å². The van der Waals surface area contributed by atoms with Crippen molar-refractivity contribution in [1.29, 1.82) is 0 Å². The maximum absolute atomic E-state index is 12.9. The molecule has 1 aliphatic heterocycles. The number of likely N-dealkylation sites (N-methyl/N-ethyl adjacent to an activating group) is 1. The normalized spacial score (nSPS) is 16.4. The summed E-state index contributed by atoms with van der Waals surface area (Å²) in [6.45, 7) is 5.64. The highest BCUT2D eigenvalue weighted by atomic mass is 16.3. The van der Waals surface area contributed by atoms with E-state index in [1.165, 1.54) is 5.56 Å². The number of unbranched alkanes of at least 4 members (excludes halogenated alkanes) is 4. The lowest BCUT2D eigenvalue weighted by Crippen LogP contribution is -2.58. The van der Waals surface area contributed by atoms with Crippen LogP contribution in [-0.4, -0.2) is 73.9 Å². The molecule has 4 heterocycles. The van der Waals surface area contributed by atoms with E-state index in [0.717, 1.165) is 91.1 Å². The lowest BCUT2D eigenvalue weighted by Gasteiger charge is -2.46. The minimum atomic E-state index is -0.513. The van der Waals surface area contributed by atoms with Crippen molar-refractivity contribution in [2.24, 2.45) is 17.2 Å². The molecule has 0 aliphatic carbocycles. The van der Waals surface area contributed by atoms with Crippen LogP contribution in [0, 0.1) is 0 Å². The summed E-state index contributed by atoms with van der Waals surface area (Å²) in [5.41, 5.74) is 24.4. The molecule has 5 aromatic rings. The number of para-hydroxylation sites is 1. The third-order valence-corrected chi connectivity index (χ3v) is 11.3. The number of rotatable bonds is 18. The number of nitrogens with zero attached hydrogens (tertiary/aromatic N) is 6. The first-order valence-electron chi connectivity index (χ1n) is 20.5. The minimum Gasteiger partial charge on any atom is -0.507 e. The fourth-order valence-corrected chi connectivity index (χ4v) is 8.33. The largest absolute Gasteiger partial charge is 0.507 e. The molecular weight excluding hydrogens is 729 g/mol. The van der Waals surface area contributed by atoms with E-state index in [9.17, 15) is 14.7 Å². The number of phenolic OH excluding ortho intramolecular Hbond substituents is 1. The van der Waals surface area contributed by atoms with E-state index in [1.54, 1.807) is 37.5 Å². The molecule has 6 rings (SSSR count). The molecule has 1 fully saturated rings. The molecule has 3 atom stereocenters. The number of aromatic hydroxyl groups is 1. The van der Waals surface area contributed by atoms with Gasteiger partial charge < -0.3 is 46.8 Å². The van der Waals surface area contributed by atoms with E-state index in [0.29, 0.717) is 42.9 Å². The van der Waals surface area contributed by atoms with Gasteiger partial charge in [-0.05, 0) is 99.0 Å². The molecule has 13 nitrogen and oxygen atoms in total. The van der Waals surface area contributed by atoms with E-state index < -0.39 is 6.04 Å². The molecule has 8 N–H and O–H groups in total. The first kappa shape index (κ1) is 41.5. The van der Waals surface area contributed by atoms with Crippen LogP contribution in [-0.2, 0) is 22.4 Å². The van der Waals surface area contributed by atoms with Crippen LogP contribution in [0.15, 0.2) is 90.8 Å². The number of aromatic nitrogens is 4. The van der Waals surface area contributed by atoms with E-state index >= 15 is 0 Å². The highest BCUT2D eigenvalue weighted by Crippen LogP contribution is 2.34. The molecule has 0 bridgehead atoms. The lowest BCUT2D eigenvalue weighted by atomic mass is 10.0. The number of phenols is 1. The zero-order chi connectivity index (χ0) is 41.2. The summed E-state index contributed by atoms with van der Waals surface area (Å²) in [4.78, 5) is 42.9. The predicted molar refractivity (Wildman–Crippen MR) is 231 cm³/mol. The summed E-state index contributed by atoms with van der Waals surface area (Å²) < 4.78 is 1.99. The Labute approximate surface area is 341 Å². The van der Waals surface area contributed by atoms with Crippen LogP contribution in [0.2, 0.25) is 0 Å². The Bertz CT molecular complexity index is 2240. The number of nitrogens with one attached hydrogen (secondary N) is 1. The molecule has 1 saturated heterocycles. The smallest absolute Gasteiger partial charge is 0.242 e. The maximum atomic E-state index is 12.9. The van der Waals surface area contributed by atoms with Gasteiger partial charge in [-0.3, -0.25) is 4.79 Å². The number of anilines is 1. The molecule has 13 heteroatoms. The number of piperazine rings is 1. The van der Waals surface area contributed by atoms with E-state index in [2.05, 4.69) is 58.2 Å². The zero-order valence-electron chi connectivity index (χ0n) is 34.0. The van der Waals surface area contributed by atoms with Crippen LogP contribution in [0.3, 0.4) is 0 Å². The van der Waals surface area contributed by atoms with E-state index in [4.69, 9.17) is 27.2 Å². The van der Waals surface area contributed by atoms with Crippen LogP contribution in [0.25, 0.3) is 27.6 Å². The highest BCUT2D eigenvalue weighted by Gasteiger charge is 2.34. The van der Waals surface area contributed by atoms with Crippen molar-refractivity contribution in [2.75, 3.05) is 25.0 Å². The molecule has 0 saturated carbocycles. The van der Waals surface area contributed by atoms with Gasteiger partial charge in [0.15, 0.2) is 0 Å². The number of benzene rings is 2. The zero-order valence-corrected chi connectivity index (χ0v) is 34.0. The maximum Gasteiger partial charge on any atom is 0.242 e. The first-order valence-corrected chi connectivity index (χ1v) is 20.5. The molecule has 0 spiro atoms. The van der Waals surface area contributed by atoms with Gasteiger partial charge in [-0.15, -0.1) is 0 Å². The van der Waals surface area contributed by atoms with Gasteiger partial charge in [-0.2, -0.15) is 0 Å². The lowest BCUT2D eigenvalue weighted by molar-refractivity contribution is -0.124. The number of nitrogens with two attached hydrogens (primary N) is 3. The van der Waals surface area contributed by atoms with Crippen LogP contribution in [0.1, 0.15) is 87.9 Å². The number of hydrogen-bond donors (Lipinski definition) is 5. The number of hydrogen-bond acceptors (Lipinski definition) is 11. The van der Waals surface area contributed by atoms with Crippen LogP contribution < -0.4 is 27.4 Å². The second-order valence-corrected chi connectivity index (χ2v) is 15.3. The van der Waals surface area contributed by atoms with Gasteiger partial charge in [0.05, 0.1) is 11.2 Å². The van der Waals surface area contributed by atoms with Gasteiger partial charge in [0, 0.05) is 79.3 Å². The second kappa shape index (κ2) is 19.4. The Morgan fingerprint density at radius 3 is 2.34 bits per heavy atom.